The predicted molar refractivity (Wildman–Crippen MR) is 48.3 cm³/mol. The third kappa shape index (κ3) is 22.7. The smallest absolute Gasteiger partial charge is 0.164 e. The SMILES string of the molecule is C=CC(=O)[O-].CCC[N+](C)(C)Cl. The van der Waals surface area contributed by atoms with Crippen LogP contribution in [0.3, 0.4) is 0 Å². The molecule has 0 bridgehead atoms. The van der Waals surface area contributed by atoms with Gasteiger partial charge in [0.1, 0.15) is 0 Å². The second kappa shape index (κ2) is 7.13. The number of nitrogens with zero attached hydrogens (tertiary/aromatic N) is 1. The molecule has 0 aliphatic rings. The highest BCUT2D eigenvalue weighted by molar-refractivity contribution is 6.06. The standard InChI is InChI=1S/C5H13ClN.C3H4O2/c1-4-5-7(2,3)6;1-2-3(4)5/h4-5H2,1-3H3;2H,1H2,(H,4,5)/q+1;/p-1. The maximum atomic E-state index is 9.14. The number of quaternary nitrogens is 1. The summed E-state index contributed by atoms with van der Waals surface area (Å²) < 4.78 is 0.566. The molecule has 0 heterocycles. The lowest BCUT2D eigenvalue weighted by atomic mass is 10.5. The normalized spacial score (nSPS) is 9.67. The van der Waals surface area contributed by atoms with Gasteiger partial charge in [0.15, 0.2) is 11.8 Å². The van der Waals surface area contributed by atoms with E-state index in [9.17, 15) is 0 Å². The second-order valence-corrected chi connectivity index (χ2v) is 3.70. The second-order valence-electron chi connectivity index (χ2n) is 2.78. The zero-order chi connectivity index (χ0) is 10.2. The Morgan fingerprint density at radius 3 is 2.00 bits per heavy atom. The van der Waals surface area contributed by atoms with Crippen molar-refractivity contribution in [1.82, 2.24) is 0 Å². The molecule has 0 spiro atoms. The molecule has 3 nitrogen and oxygen atoms in total. The fourth-order valence-corrected chi connectivity index (χ4v) is 0.701. The summed E-state index contributed by atoms with van der Waals surface area (Å²) in [6, 6.07) is 0. The molecular formula is C8H16ClNO2. The van der Waals surface area contributed by atoms with Gasteiger partial charge in [-0.25, -0.2) is 4.00 Å². The van der Waals surface area contributed by atoms with Gasteiger partial charge in [-0.15, -0.1) is 0 Å². The Bertz CT molecular complexity index is 140. The molecule has 0 amide bonds. The fourth-order valence-electron chi connectivity index (χ4n) is 0.532. The van der Waals surface area contributed by atoms with Crippen LogP contribution >= 0.6 is 11.8 Å². The Balaban J connectivity index is 0. The number of rotatable bonds is 3. The summed E-state index contributed by atoms with van der Waals surface area (Å²) >= 11 is 5.77. The van der Waals surface area contributed by atoms with Crippen molar-refractivity contribution in [3.05, 3.63) is 12.7 Å². The molecule has 0 saturated carbocycles. The molecule has 0 N–H and O–H groups in total. The number of halogens is 1. The van der Waals surface area contributed by atoms with Gasteiger partial charge in [-0.1, -0.05) is 13.5 Å². The van der Waals surface area contributed by atoms with Gasteiger partial charge >= 0.3 is 0 Å². The van der Waals surface area contributed by atoms with Crippen LogP contribution in [0.4, 0.5) is 0 Å². The van der Waals surface area contributed by atoms with Crippen LogP contribution in [0, 0.1) is 0 Å². The van der Waals surface area contributed by atoms with Crippen molar-refractivity contribution < 1.29 is 13.9 Å². The molecule has 0 aromatic heterocycles. The first-order valence-corrected chi connectivity index (χ1v) is 4.03. The van der Waals surface area contributed by atoms with E-state index in [2.05, 4.69) is 13.5 Å². The summed E-state index contributed by atoms with van der Waals surface area (Å²) in [6.45, 7) is 6.07. The van der Waals surface area contributed by atoms with Crippen LogP contribution in [-0.2, 0) is 4.79 Å². The van der Waals surface area contributed by atoms with Crippen LogP contribution < -0.4 is 5.11 Å². The van der Waals surface area contributed by atoms with E-state index in [0.29, 0.717) is 4.00 Å². The Morgan fingerprint density at radius 2 is 2.00 bits per heavy atom. The largest absolute Gasteiger partial charge is 0.545 e. The number of hydrogen-bond donors (Lipinski definition) is 0. The quantitative estimate of drug-likeness (QED) is 0.485. The van der Waals surface area contributed by atoms with E-state index in [1.807, 2.05) is 14.1 Å². The van der Waals surface area contributed by atoms with E-state index in [0.717, 1.165) is 19.0 Å². The molecule has 4 heteroatoms. The Hall–Kier alpha value is -0.540. The van der Waals surface area contributed by atoms with E-state index in [1.165, 1.54) is 0 Å². The third-order valence-corrected chi connectivity index (χ3v) is 1.09. The number of carbonyl (C=O) groups is 1. The van der Waals surface area contributed by atoms with Gasteiger partial charge in [-0.05, 0) is 12.5 Å². The van der Waals surface area contributed by atoms with Gasteiger partial charge in [0, 0.05) is 0 Å². The molecule has 0 saturated heterocycles. The molecular weight excluding hydrogens is 178 g/mol. The minimum Gasteiger partial charge on any atom is -0.545 e. The Kier molecular flexibility index (Phi) is 8.32. The van der Waals surface area contributed by atoms with Crippen LogP contribution in [0.15, 0.2) is 12.7 Å². The maximum Gasteiger partial charge on any atom is 0.164 e. The molecule has 0 atom stereocenters. The van der Waals surface area contributed by atoms with Gasteiger partial charge in [-0.2, -0.15) is 0 Å². The summed E-state index contributed by atoms with van der Waals surface area (Å²) in [4.78, 5) is 9.14. The average Bonchev–Trinajstić information content (AvgIpc) is 1.86. The van der Waals surface area contributed by atoms with Gasteiger partial charge in [-0.3, -0.25) is 0 Å². The summed E-state index contributed by atoms with van der Waals surface area (Å²) in [5.74, 6) is -1.23. The summed E-state index contributed by atoms with van der Waals surface area (Å²) in [6.07, 6.45) is 1.87. The molecule has 0 rings (SSSR count). The first-order valence-electron chi connectivity index (χ1n) is 3.69. The third-order valence-electron chi connectivity index (χ3n) is 0.922. The number of carbonyl (C=O) groups excluding carboxylic acids is 1. The zero-order valence-electron chi connectivity index (χ0n) is 7.84. The number of carboxylic acids is 1. The van der Waals surface area contributed by atoms with Crippen LogP contribution in [0.5, 0.6) is 0 Å². The van der Waals surface area contributed by atoms with Crippen molar-refractivity contribution in [1.29, 1.82) is 0 Å². The van der Waals surface area contributed by atoms with Gasteiger partial charge in [0.25, 0.3) is 0 Å². The van der Waals surface area contributed by atoms with Crippen LogP contribution in [0.1, 0.15) is 13.3 Å². The highest BCUT2D eigenvalue weighted by atomic mass is 35.5. The van der Waals surface area contributed by atoms with E-state index in [-0.39, 0.29) is 0 Å². The highest BCUT2D eigenvalue weighted by Gasteiger charge is 2.06. The molecule has 0 aliphatic carbocycles. The maximum absolute atomic E-state index is 9.14. The van der Waals surface area contributed by atoms with Crippen molar-refractivity contribution >= 4 is 17.7 Å². The predicted octanol–water partition coefficient (Wildman–Crippen LogP) is 0.549. The first-order chi connectivity index (χ1) is 5.33. The molecule has 0 radical (unpaired) electrons. The lowest BCUT2D eigenvalue weighted by molar-refractivity contribution is -0.771. The van der Waals surface area contributed by atoms with E-state index in [4.69, 9.17) is 21.7 Å². The van der Waals surface area contributed by atoms with Crippen molar-refractivity contribution in [3.63, 3.8) is 0 Å². The van der Waals surface area contributed by atoms with Crippen molar-refractivity contribution in [3.8, 4) is 0 Å². The minimum atomic E-state index is -1.23. The monoisotopic (exact) mass is 193 g/mol. The molecule has 0 aromatic rings. The number of aliphatic carboxylic acids is 1. The van der Waals surface area contributed by atoms with Crippen LogP contribution in [0.25, 0.3) is 0 Å². The lowest BCUT2D eigenvalue weighted by Gasteiger charge is -2.15. The molecule has 0 unspecified atom stereocenters. The van der Waals surface area contributed by atoms with Gasteiger partial charge in [0.2, 0.25) is 0 Å². The molecule has 0 fully saturated rings. The van der Waals surface area contributed by atoms with E-state index >= 15 is 0 Å². The summed E-state index contributed by atoms with van der Waals surface area (Å²) in [5, 5.41) is 9.14. The zero-order valence-corrected chi connectivity index (χ0v) is 8.60. The average molecular weight is 194 g/mol. The Labute approximate surface area is 79.0 Å². The number of hydrogen-bond acceptors (Lipinski definition) is 2. The highest BCUT2D eigenvalue weighted by Crippen LogP contribution is 2.01. The van der Waals surface area contributed by atoms with Gasteiger partial charge < -0.3 is 9.90 Å². The van der Waals surface area contributed by atoms with Gasteiger partial charge in [0.05, 0.1) is 26.6 Å². The lowest BCUT2D eigenvalue weighted by Crippen LogP contribution is -2.28. The minimum absolute atomic E-state index is 0.566. The van der Waals surface area contributed by atoms with Crippen LogP contribution in [0.2, 0.25) is 0 Å². The first kappa shape index (κ1) is 14.0. The molecule has 0 aliphatic heterocycles. The van der Waals surface area contributed by atoms with Crippen molar-refractivity contribution in [2.24, 2.45) is 0 Å². The molecule has 0 aromatic carbocycles. The summed E-state index contributed by atoms with van der Waals surface area (Å²) in [7, 11) is 3.95. The van der Waals surface area contributed by atoms with E-state index in [1.54, 1.807) is 0 Å². The van der Waals surface area contributed by atoms with E-state index < -0.39 is 5.97 Å². The number of carboxylic acid groups (broad SMARTS) is 1. The van der Waals surface area contributed by atoms with Crippen LogP contribution in [-0.4, -0.2) is 30.6 Å². The summed E-state index contributed by atoms with van der Waals surface area (Å²) in [5.41, 5.74) is 0. The molecule has 72 valence electrons. The Morgan fingerprint density at radius 1 is 1.67 bits per heavy atom. The molecule has 12 heavy (non-hydrogen) atoms. The van der Waals surface area contributed by atoms with Crippen molar-refractivity contribution in [2.75, 3.05) is 20.6 Å². The van der Waals surface area contributed by atoms with Crippen molar-refractivity contribution in [2.45, 2.75) is 13.3 Å². The fraction of sp³-hybridized carbons (Fsp3) is 0.625. The topological polar surface area (TPSA) is 40.1 Å².